The van der Waals surface area contributed by atoms with Crippen LogP contribution in [0.2, 0.25) is 10.6 Å². The summed E-state index contributed by atoms with van der Waals surface area (Å²) in [6.07, 6.45) is 3.71. The predicted molar refractivity (Wildman–Crippen MR) is 66.3 cm³/mol. The Morgan fingerprint density at radius 2 is 1.88 bits per heavy atom. The van der Waals surface area contributed by atoms with E-state index in [1.54, 1.807) is 0 Å². The highest BCUT2D eigenvalue weighted by Crippen LogP contribution is 2.24. The molecule has 1 saturated carbocycles. The quantitative estimate of drug-likeness (QED) is 0.885. The fraction of sp³-hybridized carbons (Fsp3) is 0.700. The van der Waals surface area contributed by atoms with Crippen LogP contribution in [0.5, 0.6) is 0 Å². The third-order valence-corrected chi connectivity index (χ3v) is 3.22. The maximum atomic E-state index is 9.55. The minimum absolute atomic E-state index is 0.0798. The van der Waals surface area contributed by atoms with Gasteiger partial charge < -0.3 is 10.4 Å². The molecule has 5 nitrogen and oxygen atoms in total. The van der Waals surface area contributed by atoms with Gasteiger partial charge in [-0.05, 0) is 48.4 Å². The number of aliphatic hydroxyl groups is 1. The topological polar surface area (TPSA) is 70.9 Å². The zero-order valence-electron chi connectivity index (χ0n) is 9.24. The molecule has 0 aliphatic heterocycles. The second kappa shape index (κ2) is 5.80. The molecule has 0 aromatic carbocycles. The molecular weight excluding hydrogens is 263 g/mol. The van der Waals surface area contributed by atoms with Gasteiger partial charge in [0.05, 0.1) is 6.10 Å². The van der Waals surface area contributed by atoms with Crippen LogP contribution in [0, 0.1) is 5.92 Å². The molecule has 2 N–H and O–H groups in total. The van der Waals surface area contributed by atoms with E-state index in [4.69, 9.17) is 23.2 Å². The Bertz CT molecular complexity index is 370. The summed E-state index contributed by atoms with van der Waals surface area (Å²) in [5.74, 6) is 0.822. The lowest BCUT2D eigenvalue weighted by molar-refractivity contribution is 0.104. The van der Waals surface area contributed by atoms with Crippen molar-refractivity contribution >= 4 is 29.2 Å². The van der Waals surface area contributed by atoms with Crippen LogP contribution in [0.4, 0.5) is 5.95 Å². The molecule has 1 aliphatic rings. The van der Waals surface area contributed by atoms with E-state index in [0.717, 1.165) is 25.7 Å². The fourth-order valence-electron chi connectivity index (χ4n) is 2.09. The molecule has 1 fully saturated rings. The van der Waals surface area contributed by atoms with Crippen LogP contribution >= 0.6 is 23.2 Å². The van der Waals surface area contributed by atoms with Gasteiger partial charge in [-0.3, -0.25) is 0 Å². The van der Waals surface area contributed by atoms with E-state index in [2.05, 4.69) is 20.3 Å². The van der Waals surface area contributed by atoms with Crippen molar-refractivity contribution < 1.29 is 5.11 Å². The number of anilines is 1. The third-order valence-electron chi connectivity index (χ3n) is 2.88. The summed E-state index contributed by atoms with van der Waals surface area (Å²) in [7, 11) is 0. The molecule has 0 saturated heterocycles. The maximum Gasteiger partial charge on any atom is 0.228 e. The van der Waals surface area contributed by atoms with Crippen LogP contribution in [-0.2, 0) is 0 Å². The van der Waals surface area contributed by atoms with Crippen LogP contribution in [0.15, 0.2) is 0 Å². The first-order valence-electron chi connectivity index (χ1n) is 5.62. The van der Waals surface area contributed by atoms with E-state index in [0.29, 0.717) is 18.4 Å². The standard InChI is InChI=1S/C10H14Cl2N4O/c11-8-14-9(12)16-10(15-8)13-5-6-2-1-3-7(17)4-6/h6-7,17H,1-5H2,(H,13,14,15,16). The summed E-state index contributed by atoms with van der Waals surface area (Å²) >= 11 is 11.3. The molecule has 1 aliphatic carbocycles. The van der Waals surface area contributed by atoms with Crippen molar-refractivity contribution in [2.45, 2.75) is 31.8 Å². The van der Waals surface area contributed by atoms with Gasteiger partial charge in [0.15, 0.2) is 0 Å². The molecule has 0 spiro atoms. The third kappa shape index (κ3) is 3.94. The zero-order chi connectivity index (χ0) is 12.3. The van der Waals surface area contributed by atoms with Gasteiger partial charge in [0, 0.05) is 6.54 Å². The average Bonchev–Trinajstić information content (AvgIpc) is 2.25. The molecule has 0 radical (unpaired) electrons. The summed E-state index contributed by atoms with van der Waals surface area (Å²) in [4.78, 5) is 11.5. The normalized spacial score (nSPS) is 24.6. The number of halogens is 2. The number of aliphatic hydroxyl groups excluding tert-OH is 1. The van der Waals surface area contributed by atoms with Crippen molar-refractivity contribution in [3.63, 3.8) is 0 Å². The van der Waals surface area contributed by atoms with Gasteiger partial charge >= 0.3 is 0 Å². The number of hydrogen-bond acceptors (Lipinski definition) is 5. The fourth-order valence-corrected chi connectivity index (χ4v) is 2.45. The van der Waals surface area contributed by atoms with Crippen LogP contribution in [0.3, 0.4) is 0 Å². The zero-order valence-corrected chi connectivity index (χ0v) is 10.7. The van der Waals surface area contributed by atoms with Gasteiger partial charge in [-0.15, -0.1) is 0 Å². The van der Waals surface area contributed by atoms with E-state index >= 15 is 0 Å². The Hall–Kier alpha value is -0.650. The molecule has 2 rings (SSSR count). The summed E-state index contributed by atoms with van der Waals surface area (Å²) in [5.41, 5.74) is 0. The second-order valence-corrected chi connectivity index (χ2v) is 4.94. The lowest BCUT2D eigenvalue weighted by Crippen LogP contribution is -2.25. The number of hydrogen-bond donors (Lipinski definition) is 2. The number of nitrogens with zero attached hydrogens (tertiary/aromatic N) is 3. The minimum atomic E-state index is -0.180. The van der Waals surface area contributed by atoms with Crippen molar-refractivity contribution in [3.8, 4) is 0 Å². The van der Waals surface area contributed by atoms with Crippen LogP contribution < -0.4 is 5.32 Å². The SMILES string of the molecule is OC1CCCC(CNc2nc(Cl)nc(Cl)n2)C1. The van der Waals surface area contributed by atoms with E-state index < -0.39 is 0 Å². The highest BCUT2D eigenvalue weighted by atomic mass is 35.5. The highest BCUT2D eigenvalue weighted by molar-refractivity contribution is 6.31. The molecule has 2 atom stereocenters. The minimum Gasteiger partial charge on any atom is -0.393 e. The van der Waals surface area contributed by atoms with Gasteiger partial charge in [-0.2, -0.15) is 15.0 Å². The first kappa shape index (κ1) is 12.8. The van der Waals surface area contributed by atoms with Gasteiger partial charge in [-0.25, -0.2) is 0 Å². The molecule has 94 valence electrons. The molecule has 17 heavy (non-hydrogen) atoms. The van der Waals surface area contributed by atoms with E-state index in [9.17, 15) is 5.11 Å². The monoisotopic (exact) mass is 276 g/mol. The lowest BCUT2D eigenvalue weighted by Gasteiger charge is -2.25. The number of nitrogens with one attached hydrogen (secondary N) is 1. The Kier molecular flexibility index (Phi) is 4.36. The smallest absolute Gasteiger partial charge is 0.228 e. The summed E-state index contributed by atoms with van der Waals surface area (Å²) in [6.45, 7) is 0.716. The second-order valence-electron chi connectivity index (χ2n) is 4.26. The van der Waals surface area contributed by atoms with Crippen molar-refractivity contribution in [1.82, 2.24) is 15.0 Å². The summed E-state index contributed by atoms with van der Waals surface area (Å²) in [6, 6.07) is 0. The molecule has 1 aromatic heterocycles. The van der Waals surface area contributed by atoms with E-state index in [-0.39, 0.29) is 16.7 Å². The van der Waals surface area contributed by atoms with Crippen molar-refractivity contribution in [2.75, 3.05) is 11.9 Å². The first-order valence-corrected chi connectivity index (χ1v) is 6.38. The van der Waals surface area contributed by atoms with Crippen LogP contribution in [0.1, 0.15) is 25.7 Å². The van der Waals surface area contributed by atoms with Crippen molar-refractivity contribution in [1.29, 1.82) is 0 Å². The van der Waals surface area contributed by atoms with E-state index in [1.165, 1.54) is 0 Å². The predicted octanol–water partition coefficient (Wildman–Crippen LogP) is 2.14. The summed E-state index contributed by atoms with van der Waals surface area (Å²) < 4.78 is 0. The lowest BCUT2D eigenvalue weighted by atomic mass is 9.87. The first-order chi connectivity index (χ1) is 8.13. The molecule has 2 unspecified atom stereocenters. The van der Waals surface area contributed by atoms with Crippen LogP contribution in [-0.4, -0.2) is 32.7 Å². The highest BCUT2D eigenvalue weighted by Gasteiger charge is 2.20. The maximum absolute atomic E-state index is 9.55. The Balaban J connectivity index is 1.88. The molecule has 7 heteroatoms. The molecule has 1 heterocycles. The van der Waals surface area contributed by atoms with Crippen molar-refractivity contribution in [2.24, 2.45) is 5.92 Å². The average molecular weight is 277 g/mol. The van der Waals surface area contributed by atoms with Crippen LogP contribution in [0.25, 0.3) is 0 Å². The van der Waals surface area contributed by atoms with Gasteiger partial charge in [0.25, 0.3) is 0 Å². The van der Waals surface area contributed by atoms with Gasteiger partial charge in [0.1, 0.15) is 0 Å². The molecule has 1 aromatic rings. The van der Waals surface area contributed by atoms with E-state index in [1.807, 2.05) is 0 Å². The summed E-state index contributed by atoms with van der Waals surface area (Å²) in [5, 5.41) is 12.8. The Morgan fingerprint density at radius 1 is 1.18 bits per heavy atom. The number of rotatable bonds is 3. The Morgan fingerprint density at radius 3 is 2.53 bits per heavy atom. The van der Waals surface area contributed by atoms with Gasteiger partial charge in [-0.1, -0.05) is 6.42 Å². The van der Waals surface area contributed by atoms with Gasteiger partial charge in [0.2, 0.25) is 16.5 Å². The molecule has 0 bridgehead atoms. The molecular formula is C10H14Cl2N4O. The number of aromatic nitrogens is 3. The Labute approximate surface area is 110 Å². The largest absolute Gasteiger partial charge is 0.393 e. The van der Waals surface area contributed by atoms with Crippen molar-refractivity contribution in [3.05, 3.63) is 10.6 Å². The molecule has 0 amide bonds.